The van der Waals surface area contributed by atoms with Gasteiger partial charge < -0.3 is 10.1 Å². The van der Waals surface area contributed by atoms with Crippen molar-refractivity contribution in [3.05, 3.63) is 42.1 Å². The lowest BCUT2D eigenvalue weighted by Crippen LogP contribution is -2.24. The van der Waals surface area contributed by atoms with Crippen molar-refractivity contribution in [1.29, 1.82) is 0 Å². The van der Waals surface area contributed by atoms with Gasteiger partial charge >= 0.3 is 0 Å². The van der Waals surface area contributed by atoms with Crippen molar-refractivity contribution in [2.24, 2.45) is 0 Å². The molecule has 1 aliphatic rings. The Labute approximate surface area is 138 Å². The van der Waals surface area contributed by atoms with Crippen molar-refractivity contribution in [1.82, 2.24) is 9.78 Å². The number of aromatic nitrogens is 2. The van der Waals surface area contributed by atoms with Crippen LogP contribution in [-0.4, -0.2) is 22.3 Å². The van der Waals surface area contributed by atoms with E-state index in [-0.39, 0.29) is 12.4 Å². The maximum Gasteiger partial charge on any atom is 0.263 e. The summed E-state index contributed by atoms with van der Waals surface area (Å²) >= 11 is 0. The summed E-state index contributed by atoms with van der Waals surface area (Å²) in [6.45, 7) is -0.363. The normalized spacial score (nSPS) is 15.2. The number of ether oxygens (including phenoxy) is 1. The fourth-order valence-corrected chi connectivity index (χ4v) is 2.94. The van der Waals surface area contributed by atoms with Crippen LogP contribution in [0.4, 0.5) is 14.6 Å². The molecule has 0 saturated heterocycles. The fourth-order valence-electron chi connectivity index (χ4n) is 2.94. The monoisotopic (exact) mass is 335 g/mol. The Balaban J connectivity index is 1.58. The second-order valence-electron chi connectivity index (χ2n) is 5.86. The molecule has 1 amide bonds. The molecule has 1 saturated carbocycles. The number of carbonyl (C=O) groups is 1. The third-order valence-electron chi connectivity index (χ3n) is 4.11. The van der Waals surface area contributed by atoms with Crippen molar-refractivity contribution >= 4 is 11.7 Å². The number of benzene rings is 1. The Hall–Kier alpha value is -2.44. The van der Waals surface area contributed by atoms with Crippen LogP contribution in [0.1, 0.15) is 38.1 Å². The fraction of sp³-hybridized carbons (Fsp3) is 0.412. The average Bonchev–Trinajstić information content (AvgIpc) is 3.03. The summed E-state index contributed by atoms with van der Waals surface area (Å²) in [6.07, 6.45) is 7.28. The number of rotatable bonds is 5. The van der Waals surface area contributed by atoms with E-state index >= 15 is 0 Å². The number of nitrogens with one attached hydrogen (secondary N) is 1. The van der Waals surface area contributed by atoms with Gasteiger partial charge in [0.05, 0.1) is 12.2 Å². The number of amides is 1. The molecule has 1 aromatic carbocycles. The Kier molecular flexibility index (Phi) is 5.08. The van der Waals surface area contributed by atoms with Gasteiger partial charge in [-0.15, -0.1) is 0 Å². The topological polar surface area (TPSA) is 56.1 Å². The minimum atomic E-state index is -0.838. The van der Waals surface area contributed by atoms with Crippen molar-refractivity contribution in [3.8, 4) is 5.75 Å². The van der Waals surface area contributed by atoms with Crippen molar-refractivity contribution < 1.29 is 18.3 Å². The lowest BCUT2D eigenvalue weighted by Gasteiger charge is -2.23. The predicted octanol–water partition coefficient (Wildman–Crippen LogP) is 3.68. The van der Waals surface area contributed by atoms with E-state index in [0.29, 0.717) is 17.9 Å². The van der Waals surface area contributed by atoms with Crippen LogP contribution in [0.3, 0.4) is 0 Å². The van der Waals surface area contributed by atoms with Crippen LogP contribution in [0, 0.1) is 11.6 Å². The highest BCUT2D eigenvalue weighted by atomic mass is 19.1. The largest absolute Gasteiger partial charge is 0.481 e. The summed E-state index contributed by atoms with van der Waals surface area (Å²) < 4.78 is 33.2. The average molecular weight is 335 g/mol. The van der Waals surface area contributed by atoms with E-state index in [9.17, 15) is 13.6 Å². The Morgan fingerprint density at radius 1 is 1.25 bits per heavy atom. The summed E-state index contributed by atoms with van der Waals surface area (Å²) in [4.78, 5) is 12.0. The van der Waals surface area contributed by atoms with Gasteiger partial charge in [0.2, 0.25) is 0 Å². The highest BCUT2D eigenvalue weighted by Gasteiger charge is 2.19. The molecular weight excluding hydrogens is 316 g/mol. The van der Waals surface area contributed by atoms with E-state index < -0.39 is 17.5 Å². The molecule has 1 fully saturated rings. The molecule has 0 spiro atoms. The van der Waals surface area contributed by atoms with Crippen LogP contribution in [0.25, 0.3) is 0 Å². The highest BCUT2D eigenvalue weighted by molar-refractivity contribution is 5.91. The van der Waals surface area contributed by atoms with E-state index in [4.69, 9.17) is 4.74 Å². The van der Waals surface area contributed by atoms with Gasteiger partial charge in [-0.2, -0.15) is 5.10 Å². The third kappa shape index (κ3) is 3.90. The Bertz CT molecular complexity index is 712. The Morgan fingerprint density at radius 2 is 2.04 bits per heavy atom. The molecule has 1 aliphatic carbocycles. The number of carbonyl (C=O) groups excluding carboxylic acids is 1. The molecule has 0 aliphatic heterocycles. The van der Waals surface area contributed by atoms with Gasteiger partial charge in [0.1, 0.15) is 11.6 Å². The summed E-state index contributed by atoms with van der Waals surface area (Å²) in [5, 5.41) is 7.02. The first-order chi connectivity index (χ1) is 11.6. The van der Waals surface area contributed by atoms with Gasteiger partial charge in [0.15, 0.2) is 18.2 Å². The standard InChI is InChI=1S/C17H19F2N3O2/c18-12-6-7-15(14(19)10-12)24-11-17(23)21-16-8-9-20-22(16)13-4-2-1-3-5-13/h6-10,13H,1-5,11H2,(H,21,23). The molecule has 1 aromatic heterocycles. The van der Waals surface area contributed by atoms with Gasteiger partial charge in [-0.3, -0.25) is 4.79 Å². The number of nitrogens with zero attached hydrogens (tertiary/aromatic N) is 2. The molecule has 0 unspecified atom stereocenters. The molecule has 1 N–H and O–H groups in total. The van der Waals surface area contributed by atoms with E-state index in [2.05, 4.69) is 10.4 Å². The number of hydrogen-bond acceptors (Lipinski definition) is 3. The second kappa shape index (κ2) is 7.42. The van der Waals surface area contributed by atoms with E-state index in [1.54, 1.807) is 12.3 Å². The SMILES string of the molecule is O=C(COc1ccc(F)cc1F)Nc1ccnn1C1CCCCC1. The predicted molar refractivity (Wildman–Crippen MR) is 84.8 cm³/mol. The second-order valence-corrected chi connectivity index (χ2v) is 5.86. The first-order valence-corrected chi connectivity index (χ1v) is 8.04. The smallest absolute Gasteiger partial charge is 0.263 e. The van der Waals surface area contributed by atoms with Gasteiger partial charge in [0.25, 0.3) is 5.91 Å². The lowest BCUT2D eigenvalue weighted by molar-refractivity contribution is -0.118. The quantitative estimate of drug-likeness (QED) is 0.907. The van der Waals surface area contributed by atoms with Gasteiger partial charge in [-0.25, -0.2) is 13.5 Å². The summed E-state index contributed by atoms with van der Waals surface area (Å²) in [5.74, 6) is -1.51. The molecule has 2 aromatic rings. The minimum Gasteiger partial charge on any atom is -0.481 e. The van der Waals surface area contributed by atoms with Crippen LogP contribution in [0.15, 0.2) is 30.5 Å². The van der Waals surface area contributed by atoms with E-state index in [0.717, 1.165) is 37.8 Å². The van der Waals surface area contributed by atoms with Gasteiger partial charge in [-0.05, 0) is 25.0 Å². The molecule has 3 rings (SSSR count). The maximum atomic E-state index is 13.5. The first-order valence-electron chi connectivity index (χ1n) is 8.04. The highest BCUT2D eigenvalue weighted by Crippen LogP contribution is 2.29. The zero-order chi connectivity index (χ0) is 16.9. The van der Waals surface area contributed by atoms with Crippen LogP contribution in [-0.2, 0) is 4.79 Å². The van der Waals surface area contributed by atoms with Crippen LogP contribution >= 0.6 is 0 Å². The maximum absolute atomic E-state index is 13.5. The molecule has 1 heterocycles. The third-order valence-corrected chi connectivity index (χ3v) is 4.11. The molecule has 0 bridgehead atoms. The molecule has 0 radical (unpaired) electrons. The lowest BCUT2D eigenvalue weighted by atomic mass is 9.96. The number of hydrogen-bond donors (Lipinski definition) is 1. The van der Waals surface area contributed by atoms with Crippen molar-refractivity contribution in [2.75, 3.05) is 11.9 Å². The molecule has 7 heteroatoms. The molecule has 24 heavy (non-hydrogen) atoms. The van der Waals surface area contributed by atoms with Crippen LogP contribution < -0.4 is 10.1 Å². The van der Waals surface area contributed by atoms with Gasteiger partial charge in [0, 0.05) is 12.1 Å². The Morgan fingerprint density at radius 3 is 2.79 bits per heavy atom. The molecular formula is C17H19F2N3O2. The number of anilines is 1. The summed E-state index contributed by atoms with van der Waals surface area (Å²) in [5.41, 5.74) is 0. The summed E-state index contributed by atoms with van der Waals surface area (Å²) in [7, 11) is 0. The first kappa shape index (κ1) is 16.4. The van der Waals surface area contributed by atoms with Crippen molar-refractivity contribution in [2.45, 2.75) is 38.1 Å². The zero-order valence-corrected chi connectivity index (χ0v) is 13.2. The van der Waals surface area contributed by atoms with Gasteiger partial charge in [-0.1, -0.05) is 19.3 Å². The number of halogens is 2. The van der Waals surface area contributed by atoms with Crippen LogP contribution in [0.5, 0.6) is 5.75 Å². The van der Waals surface area contributed by atoms with Crippen LogP contribution in [0.2, 0.25) is 0 Å². The van der Waals surface area contributed by atoms with Crippen molar-refractivity contribution in [3.63, 3.8) is 0 Å². The van der Waals surface area contributed by atoms with E-state index in [1.807, 2.05) is 4.68 Å². The van der Waals surface area contributed by atoms with E-state index in [1.165, 1.54) is 6.42 Å². The molecule has 0 atom stereocenters. The molecule has 5 nitrogen and oxygen atoms in total. The zero-order valence-electron chi connectivity index (χ0n) is 13.2. The summed E-state index contributed by atoms with van der Waals surface area (Å²) in [6, 6.07) is 4.97. The molecule has 128 valence electrons. The minimum absolute atomic E-state index is 0.160.